The summed E-state index contributed by atoms with van der Waals surface area (Å²) in [6, 6.07) is 0. The van der Waals surface area contributed by atoms with Gasteiger partial charge in [0.1, 0.15) is 0 Å². The Balaban J connectivity index is 4.01. The van der Waals surface area contributed by atoms with E-state index in [1.54, 1.807) is 17.2 Å². The summed E-state index contributed by atoms with van der Waals surface area (Å²) in [7, 11) is 3.79. The van der Waals surface area contributed by atoms with Gasteiger partial charge in [0.25, 0.3) is 0 Å². The Hall–Kier alpha value is -0.990. The SMILES string of the molecule is CCN(CC)C(=O)/C=C/N(C)C. The Kier molecular flexibility index (Phi) is 5.17. The van der Waals surface area contributed by atoms with Crippen molar-refractivity contribution < 1.29 is 4.79 Å². The molecule has 0 aromatic rings. The summed E-state index contributed by atoms with van der Waals surface area (Å²) in [5.41, 5.74) is 0. The van der Waals surface area contributed by atoms with Gasteiger partial charge < -0.3 is 9.80 Å². The molecule has 0 fully saturated rings. The van der Waals surface area contributed by atoms with Gasteiger partial charge in [0.15, 0.2) is 0 Å². The molecule has 0 heterocycles. The Labute approximate surface area is 74.7 Å². The molecule has 70 valence electrons. The van der Waals surface area contributed by atoms with Crippen LogP contribution in [0, 0.1) is 0 Å². The fraction of sp³-hybridized carbons (Fsp3) is 0.667. The molecule has 0 aliphatic heterocycles. The first-order valence-electron chi connectivity index (χ1n) is 4.25. The predicted octanol–water partition coefficient (Wildman–Crippen LogP) is 0.930. The van der Waals surface area contributed by atoms with Gasteiger partial charge in [0, 0.05) is 39.5 Å². The number of carbonyl (C=O) groups is 1. The van der Waals surface area contributed by atoms with Crippen molar-refractivity contribution in [3.63, 3.8) is 0 Å². The van der Waals surface area contributed by atoms with Crippen LogP contribution in [0.15, 0.2) is 12.3 Å². The fourth-order valence-corrected chi connectivity index (χ4v) is 0.854. The number of rotatable bonds is 4. The monoisotopic (exact) mass is 170 g/mol. The van der Waals surface area contributed by atoms with E-state index in [9.17, 15) is 4.79 Å². The molecule has 3 heteroatoms. The Morgan fingerprint density at radius 3 is 2.08 bits per heavy atom. The van der Waals surface area contributed by atoms with Crippen molar-refractivity contribution in [3.05, 3.63) is 12.3 Å². The molecule has 0 N–H and O–H groups in total. The van der Waals surface area contributed by atoms with Gasteiger partial charge in [-0.25, -0.2) is 0 Å². The molecule has 0 spiro atoms. The highest BCUT2D eigenvalue weighted by Crippen LogP contribution is 1.90. The summed E-state index contributed by atoms with van der Waals surface area (Å²) >= 11 is 0. The van der Waals surface area contributed by atoms with Crippen LogP contribution in [0.5, 0.6) is 0 Å². The molecule has 0 aromatic heterocycles. The lowest BCUT2D eigenvalue weighted by atomic mass is 10.4. The third-order valence-electron chi connectivity index (χ3n) is 1.59. The van der Waals surface area contributed by atoms with Crippen LogP contribution in [0.4, 0.5) is 0 Å². The fourth-order valence-electron chi connectivity index (χ4n) is 0.854. The molecule has 0 unspecified atom stereocenters. The largest absolute Gasteiger partial charge is 0.383 e. The van der Waals surface area contributed by atoms with Crippen LogP contribution in [-0.4, -0.2) is 42.9 Å². The molecule has 0 saturated carbocycles. The first kappa shape index (κ1) is 11.0. The van der Waals surface area contributed by atoms with Gasteiger partial charge in [-0.3, -0.25) is 4.79 Å². The van der Waals surface area contributed by atoms with Crippen molar-refractivity contribution >= 4 is 5.91 Å². The van der Waals surface area contributed by atoms with Crippen LogP contribution in [0.2, 0.25) is 0 Å². The quantitative estimate of drug-likeness (QED) is 0.586. The van der Waals surface area contributed by atoms with Gasteiger partial charge in [0.05, 0.1) is 0 Å². The molecular formula is C9H18N2O. The average Bonchev–Trinajstić information content (AvgIpc) is 2.03. The summed E-state index contributed by atoms with van der Waals surface area (Å²) in [5.74, 6) is 0.0775. The van der Waals surface area contributed by atoms with E-state index in [1.807, 2.05) is 32.8 Å². The lowest BCUT2D eigenvalue weighted by Crippen LogP contribution is -2.29. The maximum absolute atomic E-state index is 11.3. The van der Waals surface area contributed by atoms with Crippen molar-refractivity contribution in [3.8, 4) is 0 Å². The van der Waals surface area contributed by atoms with Gasteiger partial charge in [-0.15, -0.1) is 0 Å². The van der Waals surface area contributed by atoms with Gasteiger partial charge in [-0.2, -0.15) is 0 Å². The number of carbonyl (C=O) groups excluding carboxylic acids is 1. The molecule has 0 radical (unpaired) electrons. The zero-order valence-electron chi connectivity index (χ0n) is 8.37. The predicted molar refractivity (Wildman–Crippen MR) is 50.8 cm³/mol. The Morgan fingerprint density at radius 1 is 1.25 bits per heavy atom. The van der Waals surface area contributed by atoms with Crippen LogP contribution in [0.25, 0.3) is 0 Å². The Morgan fingerprint density at radius 2 is 1.75 bits per heavy atom. The van der Waals surface area contributed by atoms with E-state index in [0.717, 1.165) is 13.1 Å². The van der Waals surface area contributed by atoms with Crippen LogP contribution in [0.1, 0.15) is 13.8 Å². The maximum atomic E-state index is 11.3. The van der Waals surface area contributed by atoms with E-state index in [2.05, 4.69) is 0 Å². The van der Waals surface area contributed by atoms with Gasteiger partial charge in [0.2, 0.25) is 5.91 Å². The second-order valence-corrected chi connectivity index (χ2v) is 2.79. The highest BCUT2D eigenvalue weighted by Gasteiger charge is 2.03. The minimum absolute atomic E-state index is 0.0775. The van der Waals surface area contributed by atoms with E-state index < -0.39 is 0 Å². The van der Waals surface area contributed by atoms with E-state index in [1.165, 1.54) is 0 Å². The first-order valence-corrected chi connectivity index (χ1v) is 4.25. The summed E-state index contributed by atoms with van der Waals surface area (Å²) in [6.07, 6.45) is 3.35. The van der Waals surface area contributed by atoms with Crippen LogP contribution in [-0.2, 0) is 4.79 Å². The molecule has 0 aromatic carbocycles. The number of hydrogen-bond acceptors (Lipinski definition) is 2. The molecule has 0 bridgehead atoms. The first-order chi connectivity index (χ1) is 5.61. The van der Waals surface area contributed by atoms with Crippen LogP contribution >= 0.6 is 0 Å². The highest BCUT2D eigenvalue weighted by molar-refractivity contribution is 5.87. The Bertz CT molecular complexity index is 160. The second-order valence-electron chi connectivity index (χ2n) is 2.79. The number of amides is 1. The smallest absolute Gasteiger partial charge is 0.247 e. The summed E-state index contributed by atoms with van der Waals surface area (Å²) in [6.45, 7) is 5.50. The molecule has 0 saturated heterocycles. The van der Waals surface area contributed by atoms with Crippen molar-refractivity contribution in [2.24, 2.45) is 0 Å². The number of hydrogen-bond donors (Lipinski definition) is 0. The van der Waals surface area contributed by atoms with E-state index in [0.29, 0.717) is 0 Å². The standard InChI is InChI=1S/C9H18N2O/c1-5-11(6-2)9(12)7-8-10(3)4/h7-8H,5-6H2,1-4H3/b8-7+. The summed E-state index contributed by atoms with van der Waals surface area (Å²) < 4.78 is 0. The molecule has 3 nitrogen and oxygen atoms in total. The zero-order valence-corrected chi connectivity index (χ0v) is 8.37. The molecular weight excluding hydrogens is 152 g/mol. The minimum atomic E-state index is 0.0775. The third-order valence-corrected chi connectivity index (χ3v) is 1.59. The van der Waals surface area contributed by atoms with Gasteiger partial charge in [-0.05, 0) is 13.8 Å². The van der Waals surface area contributed by atoms with Crippen molar-refractivity contribution in [2.75, 3.05) is 27.2 Å². The topological polar surface area (TPSA) is 23.6 Å². The van der Waals surface area contributed by atoms with Crippen LogP contribution in [0.3, 0.4) is 0 Å². The van der Waals surface area contributed by atoms with Crippen molar-refractivity contribution in [1.29, 1.82) is 0 Å². The molecule has 0 aliphatic rings. The van der Waals surface area contributed by atoms with E-state index >= 15 is 0 Å². The molecule has 0 aliphatic carbocycles. The summed E-state index contributed by atoms with van der Waals surface area (Å²) in [4.78, 5) is 14.9. The molecule has 0 atom stereocenters. The van der Waals surface area contributed by atoms with E-state index in [4.69, 9.17) is 0 Å². The minimum Gasteiger partial charge on any atom is -0.383 e. The number of likely N-dealkylation sites (N-methyl/N-ethyl adjacent to an activating group) is 1. The maximum Gasteiger partial charge on any atom is 0.247 e. The molecule has 0 rings (SSSR count). The van der Waals surface area contributed by atoms with Gasteiger partial charge in [-0.1, -0.05) is 0 Å². The lowest BCUT2D eigenvalue weighted by molar-refractivity contribution is -0.125. The zero-order chi connectivity index (χ0) is 9.56. The second kappa shape index (κ2) is 5.63. The van der Waals surface area contributed by atoms with Crippen molar-refractivity contribution in [1.82, 2.24) is 9.80 Å². The van der Waals surface area contributed by atoms with Gasteiger partial charge >= 0.3 is 0 Å². The molecule has 1 amide bonds. The normalized spacial score (nSPS) is 10.3. The van der Waals surface area contributed by atoms with E-state index in [-0.39, 0.29) is 5.91 Å². The lowest BCUT2D eigenvalue weighted by Gasteiger charge is -2.16. The third kappa shape index (κ3) is 4.01. The highest BCUT2D eigenvalue weighted by atomic mass is 16.2. The number of nitrogens with zero attached hydrogens (tertiary/aromatic N) is 2. The summed E-state index contributed by atoms with van der Waals surface area (Å²) in [5, 5.41) is 0. The van der Waals surface area contributed by atoms with Crippen LogP contribution < -0.4 is 0 Å². The molecule has 12 heavy (non-hydrogen) atoms. The van der Waals surface area contributed by atoms with Crippen molar-refractivity contribution in [2.45, 2.75) is 13.8 Å². The average molecular weight is 170 g/mol.